The number of benzene rings is 1. The van der Waals surface area contributed by atoms with Crippen molar-refractivity contribution in [1.29, 1.82) is 0 Å². The van der Waals surface area contributed by atoms with E-state index in [9.17, 15) is 13.2 Å². The number of nitrogens with two attached hydrogens (primary N) is 1. The van der Waals surface area contributed by atoms with E-state index in [1.807, 2.05) is 6.92 Å². The number of nitrogens with one attached hydrogen (secondary N) is 1. The maximum Gasteiger partial charge on any atom is 0.238 e. The van der Waals surface area contributed by atoms with E-state index >= 15 is 0 Å². The number of amides is 1. The highest BCUT2D eigenvalue weighted by Crippen LogP contribution is 2.21. The largest absolute Gasteiger partial charge is 0.354 e. The van der Waals surface area contributed by atoms with Crippen molar-refractivity contribution >= 4 is 27.0 Å². The third-order valence-corrected chi connectivity index (χ3v) is 5.71. The van der Waals surface area contributed by atoms with Gasteiger partial charge in [-0.05, 0) is 38.0 Å². The molecule has 1 aromatic carbocycles. The van der Waals surface area contributed by atoms with Gasteiger partial charge in [0.25, 0.3) is 0 Å². The Balaban J connectivity index is 2.10. The molecular formula is C20H32N4O3S. The van der Waals surface area contributed by atoms with E-state index in [1.54, 1.807) is 6.07 Å². The van der Waals surface area contributed by atoms with Gasteiger partial charge >= 0.3 is 0 Å². The van der Waals surface area contributed by atoms with Crippen LogP contribution in [0.4, 0.5) is 0 Å². The van der Waals surface area contributed by atoms with Gasteiger partial charge in [0.15, 0.2) is 0 Å². The van der Waals surface area contributed by atoms with Gasteiger partial charge in [0.1, 0.15) is 5.82 Å². The van der Waals surface area contributed by atoms with Crippen LogP contribution in [0.3, 0.4) is 0 Å². The SMILES string of the molecule is CCCCC[C@@H](C)NC(=O)CCc1nc2cc(S(N)(=O)=O)ccc2n1CCC. The smallest absolute Gasteiger partial charge is 0.238 e. The third-order valence-electron chi connectivity index (χ3n) is 4.80. The predicted octanol–water partition coefficient (Wildman–Crippen LogP) is 3.11. The number of nitrogens with zero attached hydrogens (tertiary/aromatic N) is 2. The highest BCUT2D eigenvalue weighted by molar-refractivity contribution is 7.89. The minimum Gasteiger partial charge on any atom is -0.354 e. The van der Waals surface area contributed by atoms with Crippen LogP contribution in [0.15, 0.2) is 23.1 Å². The molecule has 0 unspecified atom stereocenters. The van der Waals surface area contributed by atoms with Gasteiger partial charge < -0.3 is 9.88 Å². The molecule has 7 nitrogen and oxygen atoms in total. The van der Waals surface area contributed by atoms with Crippen molar-refractivity contribution in [3.8, 4) is 0 Å². The van der Waals surface area contributed by atoms with E-state index < -0.39 is 10.0 Å². The number of hydrogen-bond donors (Lipinski definition) is 2. The van der Waals surface area contributed by atoms with Crippen LogP contribution in [0.1, 0.15) is 65.1 Å². The molecule has 0 radical (unpaired) electrons. The molecule has 0 saturated carbocycles. The minimum atomic E-state index is -3.77. The molecule has 0 spiro atoms. The van der Waals surface area contributed by atoms with E-state index in [-0.39, 0.29) is 16.8 Å². The molecule has 0 aliphatic heterocycles. The molecule has 0 bridgehead atoms. The monoisotopic (exact) mass is 408 g/mol. The van der Waals surface area contributed by atoms with Crippen molar-refractivity contribution in [1.82, 2.24) is 14.9 Å². The van der Waals surface area contributed by atoms with Gasteiger partial charge in [-0.25, -0.2) is 18.5 Å². The lowest BCUT2D eigenvalue weighted by Gasteiger charge is -2.14. The molecule has 2 rings (SSSR count). The van der Waals surface area contributed by atoms with Crippen LogP contribution in [-0.4, -0.2) is 29.9 Å². The van der Waals surface area contributed by atoms with Gasteiger partial charge in [0.05, 0.1) is 15.9 Å². The number of imidazole rings is 1. The van der Waals surface area contributed by atoms with E-state index in [0.29, 0.717) is 18.4 Å². The number of carbonyl (C=O) groups excluding carboxylic acids is 1. The zero-order valence-electron chi connectivity index (χ0n) is 17.1. The minimum absolute atomic E-state index is 0.0179. The zero-order valence-corrected chi connectivity index (χ0v) is 17.9. The van der Waals surface area contributed by atoms with Gasteiger partial charge in [-0.2, -0.15) is 0 Å². The Morgan fingerprint density at radius 2 is 2.00 bits per heavy atom. The second-order valence-corrected chi connectivity index (χ2v) is 8.90. The first-order valence-electron chi connectivity index (χ1n) is 10.1. The maximum atomic E-state index is 12.3. The van der Waals surface area contributed by atoms with Gasteiger partial charge in [-0.3, -0.25) is 4.79 Å². The number of fused-ring (bicyclic) bond motifs is 1. The molecule has 0 aliphatic rings. The second-order valence-electron chi connectivity index (χ2n) is 7.34. The molecule has 1 heterocycles. The summed E-state index contributed by atoms with van der Waals surface area (Å²) in [7, 11) is -3.77. The number of unbranched alkanes of at least 4 members (excludes halogenated alkanes) is 2. The van der Waals surface area contributed by atoms with E-state index in [0.717, 1.165) is 37.1 Å². The molecule has 28 heavy (non-hydrogen) atoms. The Kier molecular flexibility index (Phi) is 8.00. The van der Waals surface area contributed by atoms with Crippen LogP contribution in [0.2, 0.25) is 0 Å². The highest BCUT2D eigenvalue weighted by Gasteiger charge is 2.16. The Morgan fingerprint density at radius 3 is 2.64 bits per heavy atom. The van der Waals surface area contributed by atoms with Crippen LogP contribution in [0, 0.1) is 0 Å². The lowest BCUT2D eigenvalue weighted by Crippen LogP contribution is -2.32. The zero-order chi connectivity index (χ0) is 20.7. The molecule has 156 valence electrons. The lowest BCUT2D eigenvalue weighted by atomic mass is 10.1. The summed E-state index contributed by atoms with van der Waals surface area (Å²) in [6.07, 6.45) is 6.24. The molecule has 8 heteroatoms. The van der Waals surface area contributed by atoms with Crippen LogP contribution >= 0.6 is 0 Å². The van der Waals surface area contributed by atoms with Crippen LogP contribution in [0.25, 0.3) is 11.0 Å². The topological polar surface area (TPSA) is 107 Å². The molecule has 0 fully saturated rings. The van der Waals surface area contributed by atoms with Crippen molar-refractivity contribution in [2.45, 2.75) is 83.2 Å². The first kappa shape index (κ1) is 22.4. The average Bonchev–Trinajstić information content (AvgIpc) is 2.97. The van der Waals surface area contributed by atoms with Gasteiger partial charge in [0, 0.05) is 25.4 Å². The van der Waals surface area contributed by atoms with Crippen molar-refractivity contribution in [3.63, 3.8) is 0 Å². The van der Waals surface area contributed by atoms with Crippen LogP contribution < -0.4 is 10.5 Å². The molecule has 1 aromatic heterocycles. The lowest BCUT2D eigenvalue weighted by molar-refractivity contribution is -0.121. The summed E-state index contributed by atoms with van der Waals surface area (Å²) in [6, 6.07) is 4.90. The number of carbonyl (C=O) groups is 1. The normalized spacial score (nSPS) is 13.0. The summed E-state index contributed by atoms with van der Waals surface area (Å²) in [5.74, 6) is 0.807. The first-order valence-corrected chi connectivity index (χ1v) is 11.6. The summed E-state index contributed by atoms with van der Waals surface area (Å²) >= 11 is 0. The molecule has 3 N–H and O–H groups in total. The van der Waals surface area contributed by atoms with Gasteiger partial charge in [-0.15, -0.1) is 0 Å². The predicted molar refractivity (Wildman–Crippen MR) is 111 cm³/mol. The van der Waals surface area contributed by atoms with Crippen molar-refractivity contribution in [3.05, 3.63) is 24.0 Å². The molecule has 1 atom stereocenters. The Morgan fingerprint density at radius 1 is 1.25 bits per heavy atom. The van der Waals surface area contributed by atoms with E-state index in [1.165, 1.54) is 25.0 Å². The third kappa shape index (κ3) is 6.04. The maximum absolute atomic E-state index is 12.3. The average molecular weight is 409 g/mol. The fourth-order valence-electron chi connectivity index (χ4n) is 3.35. The standard InChI is InChI=1S/C20H32N4O3S/c1-4-6-7-8-15(3)22-20(25)12-11-19-23-17-14-16(28(21,26)27)9-10-18(17)24(19)13-5-2/h9-10,14-15H,4-8,11-13H2,1-3H3,(H,22,25)(H2,21,26,27)/t15-/m1/s1. The summed E-state index contributed by atoms with van der Waals surface area (Å²) in [6.45, 7) is 7.03. The number of aromatic nitrogens is 2. The van der Waals surface area contributed by atoms with Gasteiger partial charge in [-0.1, -0.05) is 33.1 Å². The molecule has 0 saturated heterocycles. The van der Waals surface area contributed by atoms with E-state index in [2.05, 4.69) is 28.7 Å². The van der Waals surface area contributed by atoms with Crippen LogP contribution in [0.5, 0.6) is 0 Å². The van der Waals surface area contributed by atoms with Crippen molar-refractivity contribution in [2.75, 3.05) is 0 Å². The summed E-state index contributed by atoms with van der Waals surface area (Å²) in [5, 5.41) is 8.28. The summed E-state index contributed by atoms with van der Waals surface area (Å²) < 4.78 is 25.2. The van der Waals surface area contributed by atoms with Gasteiger partial charge in [0.2, 0.25) is 15.9 Å². The molecule has 0 aliphatic carbocycles. The molecule has 2 aromatic rings. The number of primary sulfonamides is 1. The Labute approximate surface area is 167 Å². The number of rotatable bonds is 11. The van der Waals surface area contributed by atoms with Crippen LogP contribution in [-0.2, 0) is 27.8 Å². The number of sulfonamides is 1. The molecular weight excluding hydrogens is 376 g/mol. The quantitative estimate of drug-likeness (QED) is 0.557. The summed E-state index contributed by atoms with van der Waals surface area (Å²) in [4.78, 5) is 16.9. The molecule has 1 amide bonds. The van der Waals surface area contributed by atoms with Crippen molar-refractivity contribution < 1.29 is 13.2 Å². The Bertz CT molecular complexity index is 906. The van der Waals surface area contributed by atoms with E-state index in [4.69, 9.17) is 5.14 Å². The summed E-state index contributed by atoms with van der Waals surface area (Å²) in [5.41, 5.74) is 1.45. The number of hydrogen-bond acceptors (Lipinski definition) is 4. The second kappa shape index (κ2) is 10.0. The highest BCUT2D eigenvalue weighted by atomic mass is 32.2. The van der Waals surface area contributed by atoms with Crippen molar-refractivity contribution in [2.24, 2.45) is 5.14 Å². The number of aryl methyl sites for hydroxylation is 2. The fraction of sp³-hybridized carbons (Fsp3) is 0.600. The first-order chi connectivity index (χ1) is 13.3. The fourth-order valence-corrected chi connectivity index (χ4v) is 3.88. The Hall–Kier alpha value is -1.93.